The van der Waals surface area contributed by atoms with Gasteiger partial charge in [-0.1, -0.05) is 78.9 Å². The van der Waals surface area contributed by atoms with Crippen LogP contribution in [0.5, 0.6) is 0 Å². The average molecular weight is 219 g/mol. The van der Waals surface area contributed by atoms with Gasteiger partial charge in [0.25, 0.3) is 0 Å². The molecule has 0 amide bonds. The molecule has 0 heterocycles. The smallest absolute Gasteiger partial charge is 0.00882 e. The fourth-order valence-electron chi connectivity index (χ4n) is 1.57. The summed E-state index contributed by atoms with van der Waals surface area (Å²) in [7, 11) is 0. The highest BCUT2D eigenvalue weighted by Gasteiger charge is 1.84. The van der Waals surface area contributed by atoms with Crippen LogP contribution in [0.1, 0.15) is 11.1 Å². The summed E-state index contributed by atoms with van der Waals surface area (Å²) in [5.74, 6) is 0. The molecule has 0 unspecified atom stereocenters. The summed E-state index contributed by atoms with van der Waals surface area (Å²) in [6.07, 6.45) is 10.2. The summed E-state index contributed by atoms with van der Waals surface area (Å²) in [5, 5.41) is 0. The zero-order valence-electron chi connectivity index (χ0n) is 9.71. The van der Waals surface area contributed by atoms with Crippen molar-refractivity contribution in [3.8, 4) is 0 Å². The van der Waals surface area contributed by atoms with Crippen molar-refractivity contribution in [2.24, 2.45) is 0 Å². The first-order valence-corrected chi connectivity index (χ1v) is 5.78. The van der Waals surface area contributed by atoms with Crippen LogP contribution in [-0.4, -0.2) is 0 Å². The minimum absolute atomic E-state index is 0.931. The lowest BCUT2D eigenvalue weighted by Crippen LogP contribution is -1.77. The van der Waals surface area contributed by atoms with Crippen molar-refractivity contribution < 1.29 is 0 Å². The molecule has 0 aliphatic rings. The molecule has 2 aromatic carbocycles. The van der Waals surface area contributed by atoms with E-state index in [0.717, 1.165) is 6.42 Å². The molecule has 2 rings (SSSR count). The van der Waals surface area contributed by atoms with Crippen LogP contribution in [0.4, 0.5) is 0 Å². The van der Waals surface area contributed by atoms with E-state index in [1.54, 1.807) is 0 Å². The van der Waals surface area contributed by atoms with Crippen LogP contribution >= 0.6 is 0 Å². The molecule has 0 aliphatic carbocycles. The van der Waals surface area contributed by atoms with Gasteiger partial charge in [-0.25, -0.2) is 0 Å². The largest absolute Gasteiger partial charge is 0.0723 e. The summed E-state index contributed by atoms with van der Waals surface area (Å²) in [5.41, 5.74) is 2.52. The van der Waals surface area contributed by atoms with Crippen LogP contribution in [0.25, 0.3) is 6.08 Å². The molecule has 17 heavy (non-hydrogen) atoms. The maximum atomic E-state index is 3.18. The standard InChI is InChI=1S/C17H15/c1-4-10-16(11-5-1)14-8-3-9-15-17-12-6-2-7-13-17/h1-2,4-14H,15H2. The van der Waals surface area contributed by atoms with Crippen LogP contribution in [0.15, 0.2) is 72.8 Å². The van der Waals surface area contributed by atoms with E-state index in [1.807, 2.05) is 30.3 Å². The van der Waals surface area contributed by atoms with Gasteiger partial charge < -0.3 is 0 Å². The van der Waals surface area contributed by atoms with Gasteiger partial charge in [0.15, 0.2) is 0 Å². The van der Waals surface area contributed by atoms with Crippen molar-refractivity contribution in [3.05, 3.63) is 90.0 Å². The van der Waals surface area contributed by atoms with Gasteiger partial charge in [-0.3, -0.25) is 0 Å². The van der Waals surface area contributed by atoms with E-state index in [0.29, 0.717) is 0 Å². The van der Waals surface area contributed by atoms with Crippen molar-refractivity contribution in [2.45, 2.75) is 6.42 Å². The summed E-state index contributed by atoms with van der Waals surface area (Å²) < 4.78 is 0. The molecule has 0 heteroatoms. The van der Waals surface area contributed by atoms with Gasteiger partial charge >= 0.3 is 0 Å². The van der Waals surface area contributed by atoms with Crippen molar-refractivity contribution in [2.75, 3.05) is 0 Å². The zero-order chi connectivity index (χ0) is 11.8. The summed E-state index contributed by atoms with van der Waals surface area (Å²) in [6.45, 7) is 0. The molecule has 0 N–H and O–H groups in total. The minimum atomic E-state index is 0.931. The van der Waals surface area contributed by atoms with E-state index in [9.17, 15) is 0 Å². The van der Waals surface area contributed by atoms with E-state index in [-0.39, 0.29) is 0 Å². The SMILES string of the molecule is [C](=CCc1ccccc1)C=Cc1ccccc1. The Morgan fingerprint density at radius 3 is 2.18 bits per heavy atom. The van der Waals surface area contributed by atoms with E-state index in [4.69, 9.17) is 0 Å². The van der Waals surface area contributed by atoms with E-state index >= 15 is 0 Å². The molecular formula is C17H15. The number of allylic oxidation sites excluding steroid dienone is 3. The first-order chi connectivity index (χ1) is 8.45. The third-order valence-electron chi connectivity index (χ3n) is 2.47. The highest BCUT2D eigenvalue weighted by molar-refractivity contribution is 5.49. The van der Waals surface area contributed by atoms with Gasteiger partial charge in [0.2, 0.25) is 0 Å². The first-order valence-electron chi connectivity index (χ1n) is 5.78. The molecule has 0 nitrogen and oxygen atoms in total. The van der Waals surface area contributed by atoms with Gasteiger partial charge in [0.05, 0.1) is 0 Å². The van der Waals surface area contributed by atoms with Gasteiger partial charge in [0.1, 0.15) is 0 Å². The lowest BCUT2D eigenvalue weighted by atomic mass is 10.1. The predicted molar refractivity (Wildman–Crippen MR) is 73.4 cm³/mol. The molecule has 0 saturated heterocycles. The number of hydrogen-bond acceptors (Lipinski definition) is 0. The van der Waals surface area contributed by atoms with Gasteiger partial charge in [-0.05, 0) is 23.6 Å². The van der Waals surface area contributed by atoms with Crippen molar-refractivity contribution in [3.63, 3.8) is 0 Å². The minimum Gasteiger partial charge on any atom is -0.0723 e. The van der Waals surface area contributed by atoms with Crippen molar-refractivity contribution >= 4 is 6.08 Å². The van der Waals surface area contributed by atoms with Crippen molar-refractivity contribution in [1.29, 1.82) is 0 Å². The molecule has 0 aromatic heterocycles. The predicted octanol–water partition coefficient (Wildman–Crippen LogP) is 4.30. The molecule has 0 aliphatic heterocycles. The topological polar surface area (TPSA) is 0 Å². The van der Waals surface area contributed by atoms with Crippen molar-refractivity contribution in [1.82, 2.24) is 0 Å². The third-order valence-corrected chi connectivity index (χ3v) is 2.47. The Balaban J connectivity index is 1.85. The van der Waals surface area contributed by atoms with Crippen LogP contribution in [-0.2, 0) is 6.42 Å². The van der Waals surface area contributed by atoms with Gasteiger partial charge in [-0.15, -0.1) is 0 Å². The molecular weight excluding hydrogens is 204 g/mol. The number of rotatable bonds is 4. The van der Waals surface area contributed by atoms with Crippen LogP contribution in [0.3, 0.4) is 0 Å². The lowest BCUT2D eigenvalue weighted by Gasteiger charge is -1.92. The normalized spacial score (nSPS) is 11.3. The second-order valence-corrected chi connectivity index (χ2v) is 3.80. The second-order valence-electron chi connectivity index (χ2n) is 3.80. The Hall–Kier alpha value is -2.08. The number of hydrogen-bond donors (Lipinski definition) is 0. The molecule has 2 aromatic rings. The molecule has 0 spiro atoms. The second kappa shape index (κ2) is 6.49. The quantitative estimate of drug-likeness (QED) is 0.672. The summed E-state index contributed by atoms with van der Waals surface area (Å²) >= 11 is 0. The van der Waals surface area contributed by atoms with E-state index < -0.39 is 0 Å². The Labute approximate surface area is 103 Å². The van der Waals surface area contributed by atoms with Gasteiger partial charge in [0, 0.05) is 0 Å². The van der Waals surface area contributed by atoms with Crippen LogP contribution in [0, 0.1) is 6.08 Å². The highest BCUT2D eigenvalue weighted by atomic mass is 13.9. The number of benzene rings is 2. The van der Waals surface area contributed by atoms with Gasteiger partial charge in [-0.2, -0.15) is 0 Å². The molecule has 0 atom stereocenters. The maximum absolute atomic E-state index is 3.18. The Bertz CT molecular complexity index is 478. The summed E-state index contributed by atoms with van der Waals surface area (Å²) in [6, 6.07) is 20.6. The Morgan fingerprint density at radius 1 is 0.824 bits per heavy atom. The Morgan fingerprint density at radius 2 is 1.47 bits per heavy atom. The van der Waals surface area contributed by atoms with E-state index in [2.05, 4.69) is 54.6 Å². The van der Waals surface area contributed by atoms with Crippen LogP contribution < -0.4 is 0 Å². The van der Waals surface area contributed by atoms with E-state index in [1.165, 1.54) is 11.1 Å². The zero-order valence-corrected chi connectivity index (χ0v) is 9.71. The molecule has 0 saturated carbocycles. The average Bonchev–Trinajstić information content (AvgIpc) is 2.41. The molecule has 83 valence electrons. The third kappa shape index (κ3) is 4.12. The Kier molecular flexibility index (Phi) is 4.36. The van der Waals surface area contributed by atoms with Crippen LogP contribution in [0.2, 0.25) is 0 Å². The highest BCUT2D eigenvalue weighted by Crippen LogP contribution is 2.02. The molecule has 1 radical (unpaired) electrons. The fraction of sp³-hybridized carbons (Fsp3) is 0.0588. The molecule has 0 fully saturated rings. The fourth-order valence-corrected chi connectivity index (χ4v) is 1.57. The first kappa shape index (κ1) is 11.4. The molecule has 0 bridgehead atoms. The summed E-state index contributed by atoms with van der Waals surface area (Å²) in [4.78, 5) is 0. The monoisotopic (exact) mass is 219 g/mol. The maximum Gasteiger partial charge on any atom is -0.00882 e. The lowest BCUT2D eigenvalue weighted by molar-refractivity contribution is 1.26.